The zero-order valence-electron chi connectivity index (χ0n) is 17.5. The summed E-state index contributed by atoms with van der Waals surface area (Å²) < 4.78 is 8.04. The number of hydrogen-bond acceptors (Lipinski definition) is 3. The van der Waals surface area contributed by atoms with Gasteiger partial charge in [0, 0.05) is 17.8 Å². The molecule has 4 heteroatoms. The molecule has 1 aliphatic carbocycles. The summed E-state index contributed by atoms with van der Waals surface area (Å²) in [7, 11) is 0. The second kappa shape index (κ2) is 8.23. The number of rotatable bonds is 5. The molecule has 154 valence electrons. The van der Waals surface area contributed by atoms with Gasteiger partial charge in [0.25, 0.3) is 5.56 Å². The second-order valence-electron chi connectivity index (χ2n) is 8.03. The molecule has 0 saturated heterocycles. The maximum absolute atomic E-state index is 13.1. The fourth-order valence-electron chi connectivity index (χ4n) is 4.38. The van der Waals surface area contributed by atoms with Gasteiger partial charge in [-0.3, -0.25) is 9.36 Å². The van der Waals surface area contributed by atoms with Gasteiger partial charge >= 0.3 is 0 Å². The lowest BCUT2D eigenvalue weighted by Crippen LogP contribution is -2.28. The monoisotopic (exact) mass is 408 g/mol. The van der Waals surface area contributed by atoms with Gasteiger partial charge in [0.2, 0.25) is 0 Å². The van der Waals surface area contributed by atoms with Crippen LogP contribution in [0.25, 0.3) is 11.4 Å². The molecule has 0 N–H and O–H groups in total. The molecule has 0 atom stereocenters. The number of benzene rings is 3. The van der Waals surface area contributed by atoms with Crippen LogP contribution in [0.15, 0.2) is 89.7 Å². The quantitative estimate of drug-likeness (QED) is 0.459. The van der Waals surface area contributed by atoms with E-state index in [2.05, 4.69) is 24.3 Å². The van der Waals surface area contributed by atoms with Crippen molar-refractivity contribution >= 4 is 0 Å². The zero-order valence-corrected chi connectivity index (χ0v) is 17.5. The first-order valence-corrected chi connectivity index (χ1v) is 10.6. The Morgan fingerprint density at radius 2 is 1.55 bits per heavy atom. The largest absolute Gasteiger partial charge is 0.488 e. The lowest BCUT2D eigenvalue weighted by Gasteiger charge is -2.20. The first-order chi connectivity index (χ1) is 15.2. The molecule has 0 saturated carbocycles. The van der Waals surface area contributed by atoms with Crippen molar-refractivity contribution in [2.75, 3.05) is 0 Å². The van der Waals surface area contributed by atoms with Crippen LogP contribution in [0.4, 0.5) is 0 Å². The van der Waals surface area contributed by atoms with E-state index in [9.17, 15) is 4.79 Å². The summed E-state index contributed by atoms with van der Waals surface area (Å²) in [4.78, 5) is 18.0. The lowest BCUT2D eigenvalue weighted by atomic mass is 10.1. The maximum Gasteiger partial charge on any atom is 0.254 e. The first kappa shape index (κ1) is 19.3. The van der Waals surface area contributed by atoms with Crippen LogP contribution < -0.4 is 10.3 Å². The molecule has 31 heavy (non-hydrogen) atoms. The first-order valence-electron chi connectivity index (χ1n) is 10.6. The molecule has 0 amide bonds. The molecule has 4 aromatic rings. The third kappa shape index (κ3) is 3.89. The topological polar surface area (TPSA) is 44.1 Å². The SMILES string of the molecule is Cc1cc(=O)n(C2Cc3ccccc3C2)c(-c2ccccc2OCc2ccccc2)n1. The zero-order chi connectivity index (χ0) is 21.2. The van der Waals surface area contributed by atoms with Gasteiger partial charge < -0.3 is 4.74 Å². The normalized spacial score (nSPS) is 13.2. The highest BCUT2D eigenvalue weighted by Gasteiger charge is 2.27. The Morgan fingerprint density at radius 3 is 2.29 bits per heavy atom. The van der Waals surface area contributed by atoms with E-state index in [0.29, 0.717) is 18.1 Å². The van der Waals surface area contributed by atoms with E-state index in [-0.39, 0.29) is 11.6 Å². The summed E-state index contributed by atoms with van der Waals surface area (Å²) >= 11 is 0. The van der Waals surface area contributed by atoms with Gasteiger partial charge in [0.1, 0.15) is 18.2 Å². The summed E-state index contributed by atoms with van der Waals surface area (Å²) in [5.74, 6) is 1.40. The molecule has 4 nitrogen and oxygen atoms in total. The molecule has 0 bridgehead atoms. The molecule has 1 aliphatic rings. The van der Waals surface area contributed by atoms with E-state index < -0.39 is 0 Å². The summed E-state index contributed by atoms with van der Waals surface area (Å²) in [6, 6.07) is 28.0. The molecular formula is C27H24N2O2. The van der Waals surface area contributed by atoms with Crippen LogP contribution in [0.5, 0.6) is 5.75 Å². The second-order valence-corrected chi connectivity index (χ2v) is 8.03. The average Bonchev–Trinajstić information content (AvgIpc) is 3.21. The summed E-state index contributed by atoms with van der Waals surface area (Å²) in [6.07, 6.45) is 1.67. The van der Waals surface area contributed by atoms with Crippen molar-refractivity contribution in [1.29, 1.82) is 0 Å². The number of fused-ring (bicyclic) bond motifs is 1. The van der Waals surface area contributed by atoms with Crippen molar-refractivity contribution in [3.63, 3.8) is 0 Å². The van der Waals surface area contributed by atoms with E-state index >= 15 is 0 Å². The minimum atomic E-state index is -0.0156. The Labute approximate surface area is 181 Å². The summed E-state index contributed by atoms with van der Waals surface area (Å²) in [5.41, 5.74) is 5.25. The Hall–Kier alpha value is -3.66. The number of ether oxygens (including phenoxy) is 1. The van der Waals surface area contributed by atoms with Crippen LogP contribution >= 0.6 is 0 Å². The number of aryl methyl sites for hydroxylation is 1. The smallest absolute Gasteiger partial charge is 0.254 e. The number of para-hydroxylation sites is 1. The molecule has 1 heterocycles. The average molecular weight is 409 g/mol. The van der Waals surface area contributed by atoms with E-state index in [1.165, 1.54) is 11.1 Å². The molecule has 0 unspecified atom stereocenters. The standard InChI is InChI=1S/C27H24N2O2/c1-19-15-26(30)29(23-16-21-11-5-6-12-22(21)17-23)27(28-19)24-13-7-8-14-25(24)31-18-20-9-3-2-4-10-20/h2-15,23H,16-18H2,1H3. The Bertz CT molecular complexity index is 1250. The van der Waals surface area contributed by atoms with Gasteiger partial charge in [-0.25, -0.2) is 4.98 Å². The van der Waals surface area contributed by atoms with Gasteiger partial charge in [-0.2, -0.15) is 0 Å². The third-order valence-electron chi connectivity index (χ3n) is 5.84. The Balaban J connectivity index is 1.55. The summed E-state index contributed by atoms with van der Waals surface area (Å²) in [6.45, 7) is 2.33. The third-order valence-corrected chi connectivity index (χ3v) is 5.84. The minimum Gasteiger partial charge on any atom is -0.488 e. The van der Waals surface area contributed by atoms with Gasteiger partial charge in [-0.15, -0.1) is 0 Å². The number of hydrogen-bond donors (Lipinski definition) is 0. The molecule has 0 radical (unpaired) electrons. The van der Waals surface area contributed by atoms with Gasteiger partial charge in [-0.05, 0) is 48.6 Å². The fraction of sp³-hybridized carbons (Fsp3) is 0.185. The molecule has 0 aliphatic heterocycles. The number of aromatic nitrogens is 2. The van der Waals surface area contributed by atoms with Crippen molar-refractivity contribution in [3.8, 4) is 17.1 Å². The predicted molar refractivity (Wildman–Crippen MR) is 122 cm³/mol. The van der Waals surface area contributed by atoms with Crippen LogP contribution in [0.3, 0.4) is 0 Å². The molecular weight excluding hydrogens is 384 g/mol. The van der Waals surface area contributed by atoms with E-state index in [4.69, 9.17) is 9.72 Å². The van der Waals surface area contributed by atoms with Crippen molar-refractivity contribution in [1.82, 2.24) is 9.55 Å². The van der Waals surface area contributed by atoms with Gasteiger partial charge in [0.15, 0.2) is 0 Å². The predicted octanol–water partition coefficient (Wildman–Crippen LogP) is 5.14. The van der Waals surface area contributed by atoms with Crippen molar-refractivity contribution in [3.05, 3.63) is 118 Å². The van der Waals surface area contributed by atoms with Crippen molar-refractivity contribution < 1.29 is 4.74 Å². The molecule has 1 aromatic heterocycles. The van der Waals surface area contributed by atoms with E-state index in [0.717, 1.165) is 29.7 Å². The van der Waals surface area contributed by atoms with Crippen LogP contribution in [-0.4, -0.2) is 9.55 Å². The van der Waals surface area contributed by atoms with Crippen molar-refractivity contribution in [2.45, 2.75) is 32.4 Å². The van der Waals surface area contributed by atoms with Crippen LogP contribution in [0.2, 0.25) is 0 Å². The fourth-order valence-corrected chi connectivity index (χ4v) is 4.38. The maximum atomic E-state index is 13.1. The molecule has 0 spiro atoms. The van der Waals surface area contributed by atoms with Crippen LogP contribution in [0.1, 0.15) is 28.4 Å². The summed E-state index contributed by atoms with van der Waals surface area (Å²) in [5, 5.41) is 0. The van der Waals surface area contributed by atoms with Crippen LogP contribution in [-0.2, 0) is 19.4 Å². The highest BCUT2D eigenvalue weighted by Crippen LogP contribution is 2.34. The van der Waals surface area contributed by atoms with Gasteiger partial charge in [-0.1, -0.05) is 66.7 Å². The lowest BCUT2D eigenvalue weighted by molar-refractivity contribution is 0.307. The Morgan fingerprint density at radius 1 is 0.903 bits per heavy atom. The van der Waals surface area contributed by atoms with Crippen LogP contribution in [0, 0.1) is 6.92 Å². The molecule has 0 fully saturated rings. The number of nitrogens with zero attached hydrogens (tertiary/aromatic N) is 2. The highest BCUT2D eigenvalue weighted by molar-refractivity contribution is 5.65. The highest BCUT2D eigenvalue weighted by atomic mass is 16.5. The van der Waals surface area contributed by atoms with Crippen molar-refractivity contribution in [2.24, 2.45) is 0 Å². The Kier molecular flexibility index (Phi) is 5.13. The van der Waals surface area contributed by atoms with E-state index in [1.54, 1.807) is 6.07 Å². The minimum absolute atomic E-state index is 0.0156. The van der Waals surface area contributed by atoms with Gasteiger partial charge in [0.05, 0.1) is 5.56 Å². The molecule has 5 rings (SSSR count). The van der Waals surface area contributed by atoms with E-state index in [1.807, 2.05) is 66.1 Å². The molecule has 3 aromatic carbocycles.